The van der Waals surface area contributed by atoms with Gasteiger partial charge in [0, 0.05) is 67.8 Å². The van der Waals surface area contributed by atoms with Gasteiger partial charge in [-0.25, -0.2) is 8.78 Å². The molecule has 1 aromatic heterocycles. The van der Waals surface area contributed by atoms with Crippen molar-refractivity contribution in [3.05, 3.63) is 65.4 Å². The normalized spacial score (nSPS) is 17.8. The zero-order valence-corrected chi connectivity index (χ0v) is 17.1. The number of amides is 2. The Kier molecular flexibility index (Phi) is 4.50. The standard InChI is InChI=1S/C24H21F2N3O2/c1-28-14-18-13-16(2-5-20(18)23(28)31)21-19-4-3-17(12-15(19)6-9-27-21)22(30)29-10-7-24(25,26)8-11-29/h2-6,9,12-13H,7-8,10-11,14H2,1H3. The van der Waals surface area contributed by atoms with Crippen LogP contribution >= 0.6 is 0 Å². The van der Waals surface area contributed by atoms with E-state index in [0.717, 1.165) is 27.6 Å². The van der Waals surface area contributed by atoms with Crippen molar-refractivity contribution in [1.29, 1.82) is 0 Å². The van der Waals surface area contributed by atoms with E-state index in [-0.39, 0.29) is 37.7 Å². The lowest BCUT2D eigenvalue weighted by Crippen LogP contribution is -2.42. The number of hydrogen-bond donors (Lipinski definition) is 0. The number of hydrogen-bond acceptors (Lipinski definition) is 3. The van der Waals surface area contributed by atoms with Gasteiger partial charge in [-0.05, 0) is 41.3 Å². The Balaban J connectivity index is 1.47. The summed E-state index contributed by atoms with van der Waals surface area (Å²) in [5.74, 6) is -2.89. The smallest absolute Gasteiger partial charge is 0.254 e. The van der Waals surface area contributed by atoms with Crippen molar-refractivity contribution in [2.75, 3.05) is 20.1 Å². The summed E-state index contributed by atoms with van der Waals surface area (Å²) in [6.45, 7) is 0.696. The van der Waals surface area contributed by atoms with Gasteiger partial charge in [0.15, 0.2) is 0 Å². The monoisotopic (exact) mass is 421 g/mol. The number of nitrogens with zero attached hydrogens (tertiary/aromatic N) is 3. The van der Waals surface area contributed by atoms with Gasteiger partial charge in [0.05, 0.1) is 5.69 Å². The predicted molar refractivity (Wildman–Crippen MR) is 113 cm³/mol. The summed E-state index contributed by atoms with van der Waals surface area (Å²) in [6, 6.07) is 12.9. The molecule has 31 heavy (non-hydrogen) atoms. The topological polar surface area (TPSA) is 53.5 Å². The fourth-order valence-corrected chi connectivity index (χ4v) is 4.37. The van der Waals surface area contributed by atoms with E-state index >= 15 is 0 Å². The lowest BCUT2D eigenvalue weighted by Gasteiger charge is -2.31. The molecule has 0 N–H and O–H groups in total. The van der Waals surface area contributed by atoms with Gasteiger partial charge in [0.2, 0.25) is 0 Å². The molecule has 2 aliphatic heterocycles. The molecule has 3 heterocycles. The quantitative estimate of drug-likeness (QED) is 0.618. The summed E-state index contributed by atoms with van der Waals surface area (Å²) in [7, 11) is 1.78. The van der Waals surface area contributed by atoms with Crippen LogP contribution in [-0.4, -0.2) is 52.7 Å². The lowest BCUT2D eigenvalue weighted by atomic mass is 9.98. The van der Waals surface area contributed by atoms with E-state index in [0.29, 0.717) is 17.7 Å². The Morgan fingerprint density at radius 3 is 2.61 bits per heavy atom. The Labute approximate surface area is 178 Å². The molecule has 5 nitrogen and oxygen atoms in total. The van der Waals surface area contributed by atoms with Gasteiger partial charge in [0.25, 0.3) is 17.7 Å². The van der Waals surface area contributed by atoms with Crippen LogP contribution < -0.4 is 0 Å². The van der Waals surface area contributed by atoms with Gasteiger partial charge >= 0.3 is 0 Å². The first-order valence-electron chi connectivity index (χ1n) is 10.3. The number of halogens is 2. The van der Waals surface area contributed by atoms with Crippen LogP contribution in [0.1, 0.15) is 39.1 Å². The van der Waals surface area contributed by atoms with Gasteiger partial charge < -0.3 is 9.80 Å². The number of piperidine rings is 1. The number of benzene rings is 2. The Hall–Kier alpha value is -3.35. The maximum absolute atomic E-state index is 13.4. The van der Waals surface area contributed by atoms with Crippen molar-refractivity contribution in [3.63, 3.8) is 0 Å². The summed E-state index contributed by atoms with van der Waals surface area (Å²) in [5, 5.41) is 1.74. The van der Waals surface area contributed by atoms with Gasteiger partial charge in [0.1, 0.15) is 0 Å². The molecular weight excluding hydrogens is 400 g/mol. The lowest BCUT2D eigenvalue weighted by molar-refractivity contribution is -0.0494. The molecule has 0 saturated carbocycles. The molecule has 2 amide bonds. The van der Waals surface area contributed by atoms with Gasteiger partial charge in [-0.3, -0.25) is 14.6 Å². The number of fused-ring (bicyclic) bond motifs is 2. The first kappa shape index (κ1) is 19.6. The number of rotatable bonds is 2. The fraction of sp³-hybridized carbons (Fsp3) is 0.292. The Morgan fingerprint density at radius 1 is 1.06 bits per heavy atom. The molecule has 5 rings (SSSR count). The number of carbonyl (C=O) groups excluding carboxylic acids is 2. The number of carbonyl (C=O) groups is 2. The van der Waals surface area contributed by atoms with E-state index in [2.05, 4.69) is 4.98 Å². The van der Waals surface area contributed by atoms with Crippen molar-refractivity contribution in [3.8, 4) is 11.3 Å². The molecule has 0 aliphatic carbocycles. The number of alkyl halides is 2. The SMILES string of the molecule is CN1Cc2cc(-c3nccc4cc(C(=O)N5CCC(F)(F)CC5)ccc34)ccc2C1=O. The molecule has 2 aliphatic rings. The van der Waals surface area contributed by atoms with Crippen molar-refractivity contribution < 1.29 is 18.4 Å². The van der Waals surface area contributed by atoms with Crippen LogP contribution in [0, 0.1) is 0 Å². The Bertz CT molecular complexity index is 1210. The van der Waals surface area contributed by atoms with E-state index in [1.807, 2.05) is 30.3 Å². The second-order valence-electron chi connectivity index (χ2n) is 8.28. The molecule has 0 atom stereocenters. The van der Waals surface area contributed by atoms with E-state index in [9.17, 15) is 18.4 Å². The summed E-state index contributed by atoms with van der Waals surface area (Å²) in [6.07, 6.45) is 1.10. The maximum Gasteiger partial charge on any atom is 0.254 e. The molecule has 2 aromatic carbocycles. The van der Waals surface area contributed by atoms with Crippen LogP contribution in [0.25, 0.3) is 22.0 Å². The highest BCUT2D eigenvalue weighted by molar-refractivity contribution is 6.03. The number of likely N-dealkylation sites (tertiary alicyclic amines) is 1. The highest BCUT2D eigenvalue weighted by Crippen LogP contribution is 2.32. The van der Waals surface area contributed by atoms with Gasteiger partial charge in [-0.1, -0.05) is 12.1 Å². The second-order valence-corrected chi connectivity index (χ2v) is 8.28. The second kappa shape index (κ2) is 7.11. The minimum absolute atomic E-state index is 0.0195. The zero-order valence-electron chi connectivity index (χ0n) is 17.1. The molecular formula is C24H21F2N3O2. The van der Waals surface area contributed by atoms with Crippen LogP contribution in [0.3, 0.4) is 0 Å². The zero-order chi connectivity index (χ0) is 21.8. The van der Waals surface area contributed by atoms with E-state index in [1.165, 1.54) is 4.90 Å². The van der Waals surface area contributed by atoms with Crippen molar-refractivity contribution in [1.82, 2.24) is 14.8 Å². The van der Waals surface area contributed by atoms with Crippen LogP contribution in [0.5, 0.6) is 0 Å². The van der Waals surface area contributed by atoms with Crippen LogP contribution in [0.4, 0.5) is 8.78 Å². The highest BCUT2D eigenvalue weighted by Gasteiger charge is 2.35. The maximum atomic E-state index is 13.4. The molecule has 0 spiro atoms. The van der Waals surface area contributed by atoms with Crippen molar-refractivity contribution in [2.45, 2.75) is 25.3 Å². The first-order chi connectivity index (χ1) is 14.8. The molecule has 7 heteroatoms. The van der Waals surface area contributed by atoms with Crippen LogP contribution in [-0.2, 0) is 6.54 Å². The number of pyridine rings is 1. The molecule has 158 valence electrons. The highest BCUT2D eigenvalue weighted by atomic mass is 19.3. The van der Waals surface area contributed by atoms with E-state index in [4.69, 9.17) is 0 Å². The molecule has 3 aromatic rings. The summed E-state index contributed by atoms with van der Waals surface area (Å²) in [4.78, 5) is 32.7. The summed E-state index contributed by atoms with van der Waals surface area (Å²) in [5.41, 5.74) is 3.85. The summed E-state index contributed by atoms with van der Waals surface area (Å²) >= 11 is 0. The molecule has 0 bridgehead atoms. The Morgan fingerprint density at radius 2 is 1.84 bits per heavy atom. The van der Waals surface area contributed by atoms with E-state index in [1.54, 1.807) is 30.3 Å². The van der Waals surface area contributed by atoms with Gasteiger partial charge in [-0.2, -0.15) is 0 Å². The summed E-state index contributed by atoms with van der Waals surface area (Å²) < 4.78 is 26.8. The van der Waals surface area contributed by atoms with Crippen molar-refractivity contribution in [2.24, 2.45) is 0 Å². The fourth-order valence-electron chi connectivity index (χ4n) is 4.37. The average Bonchev–Trinajstić information content (AvgIpc) is 3.05. The van der Waals surface area contributed by atoms with Gasteiger partial charge in [-0.15, -0.1) is 0 Å². The third kappa shape index (κ3) is 3.44. The third-order valence-corrected chi connectivity index (χ3v) is 6.16. The number of aromatic nitrogens is 1. The average molecular weight is 421 g/mol. The molecule has 1 saturated heterocycles. The van der Waals surface area contributed by atoms with Crippen LogP contribution in [0.2, 0.25) is 0 Å². The molecule has 1 fully saturated rings. The largest absolute Gasteiger partial charge is 0.338 e. The minimum Gasteiger partial charge on any atom is -0.338 e. The third-order valence-electron chi connectivity index (χ3n) is 6.16. The van der Waals surface area contributed by atoms with E-state index < -0.39 is 5.92 Å². The molecule has 0 unspecified atom stereocenters. The van der Waals surface area contributed by atoms with Crippen molar-refractivity contribution >= 4 is 22.6 Å². The first-order valence-corrected chi connectivity index (χ1v) is 10.3. The minimum atomic E-state index is -2.68. The van der Waals surface area contributed by atoms with Crippen LogP contribution in [0.15, 0.2) is 48.7 Å². The molecule has 0 radical (unpaired) electrons. The predicted octanol–water partition coefficient (Wildman–Crippen LogP) is 4.36.